The number of fused-ring (bicyclic) bond motifs is 1. The lowest BCUT2D eigenvalue weighted by molar-refractivity contribution is -0.133. The zero-order chi connectivity index (χ0) is 20.6. The molecule has 2 aliphatic heterocycles. The zero-order valence-corrected chi connectivity index (χ0v) is 17.6. The van der Waals surface area contributed by atoms with E-state index in [1.54, 1.807) is 30.5 Å². The number of nitrogens with zero attached hydrogens (tertiary/aromatic N) is 4. The molecule has 1 aromatic heterocycles. The molecule has 1 atom stereocenters. The van der Waals surface area contributed by atoms with Gasteiger partial charge >= 0.3 is 0 Å². The Kier molecular flexibility index (Phi) is 5.29. The molecule has 29 heavy (non-hydrogen) atoms. The van der Waals surface area contributed by atoms with Crippen LogP contribution in [0.5, 0.6) is 0 Å². The first-order valence-corrected chi connectivity index (χ1v) is 11.7. The Bertz CT molecular complexity index is 1010. The van der Waals surface area contributed by atoms with Crippen molar-refractivity contribution in [1.29, 1.82) is 0 Å². The van der Waals surface area contributed by atoms with E-state index in [1.165, 1.54) is 0 Å². The molecule has 2 aliphatic rings. The largest absolute Gasteiger partial charge is 0.339 e. The molecule has 0 saturated carbocycles. The minimum atomic E-state index is -3.29. The van der Waals surface area contributed by atoms with Crippen LogP contribution in [0, 0.1) is 0 Å². The van der Waals surface area contributed by atoms with Crippen LogP contribution < -0.4 is 4.90 Å². The topological polar surface area (TPSA) is 83.5 Å². The molecule has 3 heterocycles. The van der Waals surface area contributed by atoms with Crippen molar-refractivity contribution in [3.63, 3.8) is 0 Å². The van der Waals surface area contributed by atoms with Gasteiger partial charge in [-0.05, 0) is 30.0 Å². The molecule has 154 valence electrons. The maximum absolute atomic E-state index is 13.2. The summed E-state index contributed by atoms with van der Waals surface area (Å²) in [6, 6.07) is 8.84. The van der Waals surface area contributed by atoms with Crippen LogP contribution in [0.25, 0.3) is 0 Å². The van der Waals surface area contributed by atoms with Crippen LogP contribution in [-0.4, -0.2) is 61.1 Å². The van der Waals surface area contributed by atoms with Crippen molar-refractivity contribution in [2.45, 2.75) is 37.0 Å². The van der Waals surface area contributed by atoms with Crippen LogP contribution in [0.3, 0.4) is 0 Å². The van der Waals surface area contributed by atoms with E-state index in [4.69, 9.17) is 0 Å². The average molecular weight is 415 g/mol. The van der Waals surface area contributed by atoms with E-state index in [9.17, 15) is 13.2 Å². The molecule has 2 aromatic rings. The third-order valence-corrected chi connectivity index (χ3v) is 7.55. The van der Waals surface area contributed by atoms with E-state index in [-0.39, 0.29) is 17.6 Å². The van der Waals surface area contributed by atoms with Gasteiger partial charge in [-0.2, -0.15) is 0 Å². The molecule has 0 N–H and O–H groups in total. The zero-order valence-electron chi connectivity index (χ0n) is 16.8. The molecule has 0 radical (unpaired) electrons. The number of piperazine rings is 1. The van der Waals surface area contributed by atoms with Gasteiger partial charge in [0.05, 0.1) is 16.6 Å². The fraction of sp³-hybridized carbons (Fsp3) is 0.476. The van der Waals surface area contributed by atoms with Crippen LogP contribution in [0.4, 0.5) is 5.95 Å². The molecule has 7 nitrogen and oxygen atoms in total. The molecular formula is C21H26N4O3S. The molecule has 0 aliphatic carbocycles. The Balaban J connectivity index is 1.47. The summed E-state index contributed by atoms with van der Waals surface area (Å²) in [5, 5.41) is 0. The van der Waals surface area contributed by atoms with Gasteiger partial charge in [-0.3, -0.25) is 4.79 Å². The second-order valence-electron chi connectivity index (χ2n) is 7.95. The van der Waals surface area contributed by atoms with Crippen LogP contribution in [0.1, 0.15) is 43.4 Å². The molecule has 1 fully saturated rings. The van der Waals surface area contributed by atoms with Gasteiger partial charge in [-0.15, -0.1) is 0 Å². The number of hydrogen-bond donors (Lipinski definition) is 0. The van der Waals surface area contributed by atoms with Gasteiger partial charge in [0, 0.05) is 38.1 Å². The lowest BCUT2D eigenvalue weighted by Crippen LogP contribution is -2.51. The molecule has 1 aromatic carbocycles. The van der Waals surface area contributed by atoms with Gasteiger partial charge in [0.15, 0.2) is 9.84 Å². The second kappa shape index (κ2) is 7.74. The standard InChI is InChI=1S/C21H26N4O3S/c1-15(2)18-7-9-22-21(23-18)25-12-10-24(11-13-25)20(26)17-8-14-29(27,28)19-6-4-3-5-16(17)19/h3-7,9,15,17H,8,10-14H2,1-2H3. The Labute approximate surface area is 171 Å². The predicted molar refractivity (Wildman–Crippen MR) is 111 cm³/mol. The maximum atomic E-state index is 13.2. The highest BCUT2D eigenvalue weighted by atomic mass is 32.2. The van der Waals surface area contributed by atoms with E-state index in [2.05, 4.69) is 28.7 Å². The first kappa shape index (κ1) is 19.8. The Morgan fingerprint density at radius 1 is 1.10 bits per heavy atom. The normalized spacial score (nSPS) is 21.1. The van der Waals surface area contributed by atoms with Crippen molar-refractivity contribution >= 4 is 21.7 Å². The SMILES string of the molecule is CC(C)c1ccnc(N2CCN(C(=O)C3CCS(=O)(=O)c4ccccc43)CC2)n1. The highest BCUT2D eigenvalue weighted by Crippen LogP contribution is 2.35. The van der Waals surface area contributed by atoms with Crippen LogP contribution in [0.2, 0.25) is 0 Å². The van der Waals surface area contributed by atoms with Gasteiger partial charge in [0.2, 0.25) is 11.9 Å². The van der Waals surface area contributed by atoms with E-state index >= 15 is 0 Å². The van der Waals surface area contributed by atoms with E-state index in [0.717, 1.165) is 5.69 Å². The van der Waals surface area contributed by atoms with Crippen molar-refractivity contribution in [2.75, 3.05) is 36.8 Å². The monoisotopic (exact) mass is 414 g/mol. The predicted octanol–water partition coefficient (Wildman–Crippen LogP) is 2.21. The first-order valence-electron chi connectivity index (χ1n) is 10.0. The number of anilines is 1. The number of sulfone groups is 1. The summed E-state index contributed by atoms with van der Waals surface area (Å²) in [4.78, 5) is 26.5. The number of rotatable bonds is 3. The number of hydrogen-bond acceptors (Lipinski definition) is 6. The Hall–Kier alpha value is -2.48. The Morgan fingerprint density at radius 2 is 1.83 bits per heavy atom. The van der Waals surface area contributed by atoms with Gasteiger partial charge in [0.1, 0.15) is 0 Å². The van der Waals surface area contributed by atoms with Gasteiger partial charge in [-0.1, -0.05) is 32.0 Å². The number of amides is 1. The maximum Gasteiger partial charge on any atom is 0.230 e. The molecule has 8 heteroatoms. The molecule has 0 bridgehead atoms. The second-order valence-corrected chi connectivity index (χ2v) is 10.0. The summed E-state index contributed by atoms with van der Waals surface area (Å²) in [5.41, 5.74) is 1.65. The van der Waals surface area contributed by atoms with Crippen LogP contribution in [0.15, 0.2) is 41.4 Å². The molecular weight excluding hydrogens is 388 g/mol. The summed E-state index contributed by atoms with van der Waals surface area (Å²) < 4.78 is 24.7. The van der Waals surface area contributed by atoms with Crippen molar-refractivity contribution < 1.29 is 13.2 Å². The summed E-state index contributed by atoms with van der Waals surface area (Å²) in [5.74, 6) is 0.696. The van der Waals surface area contributed by atoms with Crippen molar-refractivity contribution in [3.05, 3.63) is 47.8 Å². The molecule has 1 unspecified atom stereocenters. The quantitative estimate of drug-likeness (QED) is 0.766. The molecule has 4 rings (SSSR count). The third kappa shape index (κ3) is 3.85. The summed E-state index contributed by atoms with van der Waals surface area (Å²) in [7, 11) is -3.29. The van der Waals surface area contributed by atoms with Crippen LogP contribution in [-0.2, 0) is 14.6 Å². The molecule has 1 saturated heterocycles. The number of carbonyl (C=O) groups excluding carboxylic acids is 1. The van der Waals surface area contributed by atoms with E-state index < -0.39 is 9.84 Å². The molecule has 1 amide bonds. The summed E-state index contributed by atoms with van der Waals surface area (Å²) >= 11 is 0. The van der Waals surface area contributed by atoms with Gasteiger partial charge in [0.25, 0.3) is 0 Å². The first-order chi connectivity index (χ1) is 13.9. The van der Waals surface area contributed by atoms with Crippen LogP contribution >= 0.6 is 0 Å². The van der Waals surface area contributed by atoms with E-state index in [1.807, 2.05) is 11.0 Å². The lowest BCUT2D eigenvalue weighted by Gasteiger charge is -2.37. The molecule has 0 spiro atoms. The number of aromatic nitrogens is 2. The summed E-state index contributed by atoms with van der Waals surface area (Å²) in [6.07, 6.45) is 2.13. The van der Waals surface area contributed by atoms with Crippen molar-refractivity contribution in [2.24, 2.45) is 0 Å². The number of carbonyl (C=O) groups is 1. The van der Waals surface area contributed by atoms with Crippen molar-refractivity contribution in [3.8, 4) is 0 Å². The third-order valence-electron chi connectivity index (χ3n) is 5.73. The highest BCUT2D eigenvalue weighted by molar-refractivity contribution is 7.91. The Morgan fingerprint density at radius 3 is 2.55 bits per heavy atom. The smallest absolute Gasteiger partial charge is 0.230 e. The fourth-order valence-electron chi connectivity index (χ4n) is 4.03. The highest BCUT2D eigenvalue weighted by Gasteiger charge is 2.36. The van der Waals surface area contributed by atoms with Gasteiger partial charge < -0.3 is 9.80 Å². The summed E-state index contributed by atoms with van der Waals surface area (Å²) in [6.45, 7) is 6.70. The fourth-order valence-corrected chi connectivity index (χ4v) is 5.65. The van der Waals surface area contributed by atoms with Gasteiger partial charge in [-0.25, -0.2) is 18.4 Å². The lowest BCUT2D eigenvalue weighted by atomic mass is 9.94. The minimum Gasteiger partial charge on any atom is -0.339 e. The number of benzene rings is 1. The van der Waals surface area contributed by atoms with E-state index in [0.29, 0.717) is 54.9 Å². The van der Waals surface area contributed by atoms with Crippen molar-refractivity contribution in [1.82, 2.24) is 14.9 Å². The average Bonchev–Trinajstić information content (AvgIpc) is 2.74. The minimum absolute atomic E-state index is 0.0175.